The van der Waals surface area contributed by atoms with Crippen molar-refractivity contribution in [1.29, 1.82) is 0 Å². The molecule has 1 aromatic rings. The lowest BCUT2D eigenvalue weighted by atomic mass is 9.90. The van der Waals surface area contributed by atoms with Crippen molar-refractivity contribution in [2.24, 2.45) is 0 Å². The van der Waals surface area contributed by atoms with Crippen molar-refractivity contribution in [1.82, 2.24) is 10.2 Å². The first kappa shape index (κ1) is 14.0. The maximum absolute atomic E-state index is 12.2. The Labute approximate surface area is 115 Å². The topological polar surface area (TPSA) is 75.5 Å². The zero-order chi connectivity index (χ0) is 14.0. The SMILES string of the molecule is CNC1(C)CCN(C(=O)c2csc([N+](=O)[O-])c2)CC1. The van der Waals surface area contributed by atoms with Crippen molar-refractivity contribution >= 4 is 22.2 Å². The lowest BCUT2D eigenvalue weighted by molar-refractivity contribution is -0.380. The molecule has 19 heavy (non-hydrogen) atoms. The molecule has 1 aliphatic heterocycles. The summed E-state index contributed by atoms with van der Waals surface area (Å²) in [6.45, 7) is 3.50. The van der Waals surface area contributed by atoms with Gasteiger partial charge in [0.15, 0.2) is 0 Å². The first-order valence-electron chi connectivity index (χ1n) is 6.16. The standard InChI is InChI=1S/C12H17N3O3S/c1-12(13-2)3-5-14(6-4-12)11(16)9-7-10(15(17)18)19-8-9/h7-8,13H,3-6H2,1-2H3. The Morgan fingerprint density at radius 2 is 2.16 bits per heavy atom. The van der Waals surface area contributed by atoms with E-state index in [0.29, 0.717) is 18.7 Å². The number of hydrogen-bond donors (Lipinski definition) is 1. The molecule has 0 unspecified atom stereocenters. The number of carbonyl (C=O) groups excluding carboxylic acids is 1. The minimum Gasteiger partial charge on any atom is -0.338 e. The van der Waals surface area contributed by atoms with E-state index in [2.05, 4.69) is 12.2 Å². The van der Waals surface area contributed by atoms with Gasteiger partial charge in [-0.05, 0) is 26.8 Å². The minimum absolute atomic E-state index is 0.0143. The molecule has 104 valence electrons. The van der Waals surface area contributed by atoms with Crippen molar-refractivity contribution in [2.75, 3.05) is 20.1 Å². The van der Waals surface area contributed by atoms with E-state index in [-0.39, 0.29) is 16.4 Å². The Hall–Kier alpha value is -1.47. The van der Waals surface area contributed by atoms with Gasteiger partial charge in [0.25, 0.3) is 5.91 Å². The van der Waals surface area contributed by atoms with E-state index in [1.807, 2.05) is 7.05 Å². The van der Waals surface area contributed by atoms with Crippen LogP contribution in [-0.4, -0.2) is 41.4 Å². The molecule has 0 aliphatic carbocycles. The zero-order valence-electron chi connectivity index (χ0n) is 11.0. The molecular formula is C12H17N3O3S. The number of carbonyl (C=O) groups is 1. The van der Waals surface area contributed by atoms with Gasteiger partial charge in [-0.1, -0.05) is 11.3 Å². The monoisotopic (exact) mass is 283 g/mol. The highest BCUT2D eigenvalue weighted by Gasteiger charge is 2.31. The maximum atomic E-state index is 12.2. The minimum atomic E-state index is -0.463. The Bertz CT molecular complexity index is 492. The van der Waals surface area contributed by atoms with Crippen LogP contribution < -0.4 is 5.32 Å². The number of hydrogen-bond acceptors (Lipinski definition) is 5. The van der Waals surface area contributed by atoms with Crippen LogP contribution in [0.2, 0.25) is 0 Å². The average molecular weight is 283 g/mol. The Kier molecular flexibility index (Phi) is 3.86. The summed E-state index contributed by atoms with van der Waals surface area (Å²) in [4.78, 5) is 24.2. The third-order valence-electron chi connectivity index (χ3n) is 3.77. The smallest absolute Gasteiger partial charge is 0.324 e. The van der Waals surface area contributed by atoms with Crippen molar-refractivity contribution in [3.63, 3.8) is 0 Å². The molecule has 6 nitrogen and oxygen atoms in total. The van der Waals surface area contributed by atoms with Crippen LogP contribution in [-0.2, 0) is 0 Å². The van der Waals surface area contributed by atoms with Crippen LogP contribution >= 0.6 is 11.3 Å². The summed E-state index contributed by atoms with van der Waals surface area (Å²) in [5.74, 6) is -0.109. The fraction of sp³-hybridized carbons (Fsp3) is 0.583. The van der Waals surface area contributed by atoms with Gasteiger partial charge >= 0.3 is 5.00 Å². The van der Waals surface area contributed by atoms with Crippen LogP contribution in [0.25, 0.3) is 0 Å². The van der Waals surface area contributed by atoms with E-state index in [9.17, 15) is 14.9 Å². The van der Waals surface area contributed by atoms with Gasteiger partial charge in [-0.25, -0.2) is 0 Å². The lowest BCUT2D eigenvalue weighted by Gasteiger charge is -2.39. The van der Waals surface area contributed by atoms with Crippen LogP contribution in [0.5, 0.6) is 0 Å². The molecule has 0 spiro atoms. The number of piperidine rings is 1. The third-order valence-corrected chi connectivity index (χ3v) is 4.65. The van der Waals surface area contributed by atoms with Gasteiger partial charge < -0.3 is 10.2 Å². The Morgan fingerprint density at radius 3 is 2.63 bits per heavy atom. The van der Waals surface area contributed by atoms with E-state index in [0.717, 1.165) is 24.2 Å². The summed E-state index contributed by atoms with van der Waals surface area (Å²) in [7, 11) is 1.93. The number of nitrogens with one attached hydrogen (secondary N) is 1. The van der Waals surface area contributed by atoms with Gasteiger partial charge in [-0.15, -0.1) is 0 Å². The second kappa shape index (κ2) is 5.26. The molecule has 0 saturated carbocycles. The molecule has 0 atom stereocenters. The normalized spacial score (nSPS) is 18.3. The van der Waals surface area contributed by atoms with Crippen molar-refractivity contribution < 1.29 is 9.72 Å². The molecule has 2 heterocycles. The van der Waals surface area contributed by atoms with E-state index in [1.165, 1.54) is 6.07 Å². The zero-order valence-corrected chi connectivity index (χ0v) is 11.8. The molecule has 1 fully saturated rings. The van der Waals surface area contributed by atoms with Crippen LogP contribution in [0.1, 0.15) is 30.1 Å². The number of likely N-dealkylation sites (tertiary alicyclic amines) is 1. The van der Waals surface area contributed by atoms with Gasteiger partial charge in [-0.3, -0.25) is 14.9 Å². The predicted octanol–water partition coefficient (Wildman–Crippen LogP) is 1.87. The van der Waals surface area contributed by atoms with Crippen LogP contribution in [0.3, 0.4) is 0 Å². The van der Waals surface area contributed by atoms with Gasteiger partial charge in [0.05, 0.1) is 10.5 Å². The average Bonchev–Trinajstić information content (AvgIpc) is 2.88. The number of nitrogens with zero attached hydrogens (tertiary/aromatic N) is 2. The second-order valence-corrected chi connectivity index (χ2v) is 5.92. The molecule has 0 aromatic carbocycles. The molecule has 0 bridgehead atoms. The van der Waals surface area contributed by atoms with Crippen LogP contribution in [0.4, 0.5) is 5.00 Å². The molecule has 1 aromatic heterocycles. The summed E-state index contributed by atoms with van der Waals surface area (Å²) >= 11 is 0.995. The second-order valence-electron chi connectivity index (χ2n) is 5.03. The first-order chi connectivity index (χ1) is 8.95. The van der Waals surface area contributed by atoms with E-state index in [1.54, 1.807) is 10.3 Å². The summed E-state index contributed by atoms with van der Waals surface area (Å²) in [6.07, 6.45) is 1.78. The quantitative estimate of drug-likeness (QED) is 0.678. The largest absolute Gasteiger partial charge is 0.338 e. The highest BCUT2D eigenvalue weighted by atomic mass is 32.1. The van der Waals surface area contributed by atoms with E-state index >= 15 is 0 Å². The highest BCUT2D eigenvalue weighted by molar-refractivity contribution is 7.13. The fourth-order valence-electron chi connectivity index (χ4n) is 2.17. The summed E-state index contributed by atoms with van der Waals surface area (Å²) in [6, 6.07) is 1.36. The Balaban J connectivity index is 2.03. The van der Waals surface area contributed by atoms with Gasteiger partial charge in [-0.2, -0.15) is 0 Å². The Morgan fingerprint density at radius 1 is 1.53 bits per heavy atom. The molecule has 0 radical (unpaired) electrons. The summed E-state index contributed by atoms with van der Waals surface area (Å²) in [5, 5.41) is 15.5. The lowest BCUT2D eigenvalue weighted by Crippen LogP contribution is -2.51. The van der Waals surface area contributed by atoms with Crippen LogP contribution in [0.15, 0.2) is 11.4 Å². The van der Waals surface area contributed by atoms with E-state index in [4.69, 9.17) is 0 Å². The van der Waals surface area contributed by atoms with Gasteiger partial charge in [0.2, 0.25) is 0 Å². The summed E-state index contributed by atoms with van der Waals surface area (Å²) in [5.41, 5.74) is 0.502. The number of nitro groups is 1. The van der Waals surface area contributed by atoms with Crippen molar-refractivity contribution in [2.45, 2.75) is 25.3 Å². The van der Waals surface area contributed by atoms with Crippen molar-refractivity contribution in [3.05, 3.63) is 27.1 Å². The number of thiophene rings is 1. The molecule has 1 N–H and O–H groups in total. The molecule has 1 saturated heterocycles. The molecule has 2 rings (SSSR count). The molecular weight excluding hydrogens is 266 g/mol. The molecule has 1 amide bonds. The third kappa shape index (κ3) is 2.93. The molecule has 7 heteroatoms. The number of rotatable bonds is 3. The van der Waals surface area contributed by atoms with Gasteiger partial charge in [0.1, 0.15) is 0 Å². The van der Waals surface area contributed by atoms with Gasteiger partial charge in [0, 0.05) is 30.1 Å². The predicted molar refractivity (Wildman–Crippen MR) is 73.6 cm³/mol. The summed E-state index contributed by atoms with van der Waals surface area (Å²) < 4.78 is 0. The molecule has 1 aliphatic rings. The van der Waals surface area contributed by atoms with Crippen LogP contribution in [0, 0.1) is 10.1 Å². The highest BCUT2D eigenvalue weighted by Crippen LogP contribution is 2.26. The van der Waals surface area contributed by atoms with E-state index < -0.39 is 4.92 Å². The van der Waals surface area contributed by atoms with Crippen molar-refractivity contribution in [3.8, 4) is 0 Å². The number of amides is 1. The maximum Gasteiger partial charge on any atom is 0.324 e. The fourth-order valence-corrected chi connectivity index (χ4v) is 2.87. The first-order valence-corrected chi connectivity index (χ1v) is 7.04.